The highest BCUT2D eigenvalue weighted by atomic mass is 32.1. The second-order valence-electron chi connectivity index (χ2n) is 9.16. The number of nitrogens with one attached hydrogen (secondary N) is 2. The van der Waals surface area contributed by atoms with Crippen LogP contribution in [0, 0.1) is 6.92 Å². The van der Waals surface area contributed by atoms with Crippen molar-refractivity contribution in [2.24, 2.45) is 0 Å². The van der Waals surface area contributed by atoms with Crippen molar-refractivity contribution in [2.45, 2.75) is 32.4 Å². The number of hydrogen-bond donors (Lipinski definition) is 2. The molecule has 4 aromatic rings. The minimum atomic E-state index is -0.167. The summed E-state index contributed by atoms with van der Waals surface area (Å²) in [5, 5.41) is 7.12. The summed E-state index contributed by atoms with van der Waals surface area (Å²) in [7, 11) is 0. The van der Waals surface area contributed by atoms with Gasteiger partial charge in [0.2, 0.25) is 5.91 Å². The summed E-state index contributed by atoms with van der Waals surface area (Å²) < 4.78 is 7.79. The molecule has 0 bridgehead atoms. The van der Waals surface area contributed by atoms with Crippen LogP contribution in [0.3, 0.4) is 0 Å². The maximum Gasteiger partial charge on any atom is 0.226 e. The number of pyridine rings is 1. The van der Waals surface area contributed by atoms with Crippen LogP contribution < -0.4 is 15.4 Å². The smallest absolute Gasteiger partial charge is 0.226 e. The minimum Gasteiger partial charge on any atom is -0.494 e. The Morgan fingerprint density at radius 1 is 1.05 bits per heavy atom. The predicted octanol–water partition coefficient (Wildman–Crippen LogP) is 5.58. The van der Waals surface area contributed by atoms with Crippen LogP contribution in [0.15, 0.2) is 91.3 Å². The first-order valence-electron chi connectivity index (χ1n) is 12.8. The molecule has 0 spiro atoms. The highest BCUT2D eigenvalue weighted by Gasteiger charge is 2.41. The van der Waals surface area contributed by atoms with Crippen molar-refractivity contribution in [3.8, 4) is 11.4 Å². The Bertz CT molecular complexity index is 1400. The van der Waals surface area contributed by atoms with E-state index in [1.54, 1.807) is 6.20 Å². The molecule has 1 aliphatic heterocycles. The molecule has 1 fully saturated rings. The summed E-state index contributed by atoms with van der Waals surface area (Å²) in [6.07, 6.45) is 4.14. The number of carbonyl (C=O) groups is 1. The first-order chi connectivity index (χ1) is 18.5. The summed E-state index contributed by atoms with van der Waals surface area (Å²) in [6.45, 7) is 5.04. The normalized spacial score (nSPS) is 16.8. The van der Waals surface area contributed by atoms with Crippen LogP contribution in [-0.4, -0.2) is 38.6 Å². The van der Waals surface area contributed by atoms with Crippen LogP contribution in [0.5, 0.6) is 5.75 Å². The third-order valence-corrected chi connectivity index (χ3v) is 7.06. The number of aryl methyl sites for hydroxylation is 1. The molecule has 7 nitrogen and oxygen atoms in total. The molecular formula is C30H31N5O2S. The van der Waals surface area contributed by atoms with Gasteiger partial charge in [-0.15, -0.1) is 0 Å². The van der Waals surface area contributed by atoms with Crippen molar-refractivity contribution in [1.29, 1.82) is 0 Å². The quantitative estimate of drug-likeness (QED) is 0.278. The van der Waals surface area contributed by atoms with Crippen LogP contribution >= 0.6 is 12.2 Å². The molecular weight excluding hydrogens is 494 g/mol. The lowest BCUT2D eigenvalue weighted by atomic mass is 10.0. The molecule has 2 aromatic heterocycles. The van der Waals surface area contributed by atoms with Crippen molar-refractivity contribution in [1.82, 2.24) is 19.8 Å². The van der Waals surface area contributed by atoms with Crippen molar-refractivity contribution >= 4 is 28.9 Å². The van der Waals surface area contributed by atoms with E-state index in [0.29, 0.717) is 24.7 Å². The third-order valence-electron chi connectivity index (χ3n) is 6.71. The van der Waals surface area contributed by atoms with E-state index in [2.05, 4.69) is 31.2 Å². The Labute approximate surface area is 228 Å². The molecule has 5 rings (SSSR count). The Hall–Kier alpha value is -4.17. The monoisotopic (exact) mass is 525 g/mol. The van der Waals surface area contributed by atoms with Gasteiger partial charge in [0.05, 0.1) is 24.4 Å². The average molecular weight is 526 g/mol. The lowest BCUT2D eigenvalue weighted by Gasteiger charge is -2.29. The number of amides is 1. The van der Waals surface area contributed by atoms with E-state index in [1.807, 2.05) is 92.8 Å². The second kappa shape index (κ2) is 11.5. The molecule has 1 saturated heterocycles. The maximum absolute atomic E-state index is 12.9. The van der Waals surface area contributed by atoms with Gasteiger partial charge in [0.15, 0.2) is 5.11 Å². The Balaban J connectivity index is 1.43. The van der Waals surface area contributed by atoms with Gasteiger partial charge in [-0.2, -0.15) is 0 Å². The topological polar surface area (TPSA) is 71.4 Å². The van der Waals surface area contributed by atoms with Gasteiger partial charge in [0.25, 0.3) is 0 Å². The zero-order chi connectivity index (χ0) is 26.5. The van der Waals surface area contributed by atoms with E-state index in [0.717, 1.165) is 34.1 Å². The summed E-state index contributed by atoms with van der Waals surface area (Å²) in [5.41, 5.74) is 4.82. The lowest BCUT2D eigenvalue weighted by molar-refractivity contribution is -0.116. The number of rotatable bonds is 9. The Morgan fingerprint density at radius 3 is 2.58 bits per heavy atom. The molecule has 1 aliphatic rings. The lowest BCUT2D eigenvalue weighted by Crippen LogP contribution is -2.33. The van der Waals surface area contributed by atoms with E-state index in [9.17, 15) is 4.79 Å². The zero-order valence-corrected chi connectivity index (χ0v) is 22.3. The van der Waals surface area contributed by atoms with E-state index in [1.165, 1.54) is 0 Å². The predicted molar refractivity (Wildman–Crippen MR) is 154 cm³/mol. The molecule has 194 valence electrons. The molecule has 2 atom stereocenters. The molecule has 8 heteroatoms. The van der Waals surface area contributed by atoms with Crippen molar-refractivity contribution in [2.75, 3.05) is 18.5 Å². The van der Waals surface area contributed by atoms with E-state index >= 15 is 0 Å². The average Bonchev–Trinajstić information content (AvgIpc) is 3.54. The highest BCUT2D eigenvalue weighted by molar-refractivity contribution is 7.80. The molecule has 3 heterocycles. The zero-order valence-electron chi connectivity index (χ0n) is 21.5. The van der Waals surface area contributed by atoms with Crippen LogP contribution in [0.25, 0.3) is 5.69 Å². The largest absolute Gasteiger partial charge is 0.494 e. The number of para-hydroxylation sites is 1. The molecule has 2 N–H and O–H groups in total. The van der Waals surface area contributed by atoms with Gasteiger partial charge >= 0.3 is 0 Å². The maximum atomic E-state index is 12.9. The van der Waals surface area contributed by atoms with Gasteiger partial charge in [0.1, 0.15) is 5.75 Å². The summed E-state index contributed by atoms with van der Waals surface area (Å²) in [4.78, 5) is 19.7. The first-order valence-corrected chi connectivity index (χ1v) is 13.2. The van der Waals surface area contributed by atoms with E-state index < -0.39 is 0 Å². The van der Waals surface area contributed by atoms with Crippen molar-refractivity contribution in [3.63, 3.8) is 0 Å². The fraction of sp³-hybridized carbons (Fsp3) is 0.233. The Morgan fingerprint density at radius 2 is 1.84 bits per heavy atom. The fourth-order valence-electron chi connectivity index (χ4n) is 4.86. The van der Waals surface area contributed by atoms with Gasteiger partial charge in [-0.3, -0.25) is 9.78 Å². The molecule has 0 radical (unpaired) electrons. The van der Waals surface area contributed by atoms with Gasteiger partial charge in [-0.25, -0.2) is 0 Å². The number of anilines is 1. The number of carbonyl (C=O) groups excluding carboxylic acids is 1. The number of aromatic nitrogens is 2. The fourth-order valence-corrected chi connectivity index (χ4v) is 5.19. The molecule has 38 heavy (non-hydrogen) atoms. The van der Waals surface area contributed by atoms with Crippen LogP contribution in [0.4, 0.5) is 5.69 Å². The molecule has 1 amide bonds. The number of benzene rings is 2. The number of hydrogen-bond acceptors (Lipinski definition) is 4. The van der Waals surface area contributed by atoms with Crippen LogP contribution in [-0.2, 0) is 4.79 Å². The molecule has 0 aliphatic carbocycles. The van der Waals surface area contributed by atoms with E-state index in [-0.39, 0.29) is 18.0 Å². The second-order valence-corrected chi connectivity index (χ2v) is 9.55. The molecule has 0 saturated carbocycles. The van der Waals surface area contributed by atoms with Crippen LogP contribution in [0.1, 0.15) is 42.4 Å². The van der Waals surface area contributed by atoms with Crippen molar-refractivity contribution in [3.05, 3.63) is 108 Å². The SMILES string of the molecule is CCOc1ccc(-n2cccc2[C@@H]2[C@@H](c3ccccn3)NC(=S)N2CCC(=O)Nc2ccccc2C)cc1. The Kier molecular flexibility index (Phi) is 7.70. The van der Waals surface area contributed by atoms with Gasteiger partial charge in [-0.05, 0) is 86.2 Å². The number of thiocarbonyl (C=S) groups is 1. The summed E-state index contributed by atoms with van der Waals surface area (Å²) in [5.74, 6) is 0.783. The standard InChI is InChI=1S/C30H31N5O2S/c1-3-37-23-15-13-22(14-16-23)34-19-8-12-26(34)29-28(25-11-6-7-18-31-25)33-30(38)35(29)20-17-27(36)32-24-10-5-4-9-21(24)2/h4-16,18-19,28-29H,3,17,20H2,1-2H3,(H,32,36)(H,33,38)/t28-,29-/m1/s1. The summed E-state index contributed by atoms with van der Waals surface area (Å²) >= 11 is 5.81. The third kappa shape index (κ3) is 5.40. The number of ether oxygens (including phenoxy) is 1. The first kappa shape index (κ1) is 25.5. The van der Waals surface area contributed by atoms with E-state index in [4.69, 9.17) is 17.0 Å². The van der Waals surface area contributed by atoms with Crippen LogP contribution in [0.2, 0.25) is 0 Å². The van der Waals surface area contributed by atoms with Gasteiger partial charge in [0, 0.05) is 42.4 Å². The molecule has 2 aromatic carbocycles. The molecule has 0 unspecified atom stereocenters. The van der Waals surface area contributed by atoms with Gasteiger partial charge in [-0.1, -0.05) is 24.3 Å². The summed E-state index contributed by atoms with van der Waals surface area (Å²) in [6, 6.07) is 25.5. The van der Waals surface area contributed by atoms with Gasteiger partial charge < -0.3 is 24.8 Å². The minimum absolute atomic E-state index is 0.0518. The van der Waals surface area contributed by atoms with Crippen molar-refractivity contribution < 1.29 is 9.53 Å². The number of nitrogens with zero attached hydrogens (tertiary/aromatic N) is 3. The highest BCUT2D eigenvalue weighted by Crippen LogP contribution is 2.39.